The van der Waals surface area contributed by atoms with E-state index in [1.165, 1.54) is 23.9 Å². The van der Waals surface area contributed by atoms with E-state index >= 15 is 0 Å². The summed E-state index contributed by atoms with van der Waals surface area (Å²) in [4.78, 5) is 29.0. The molecule has 0 radical (unpaired) electrons. The molecule has 2 heterocycles. The third kappa shape index (κ3) is 3.06. The van der Waals surface area contributed by atoms with Crippen molar-refractivity contribution >= 4 is 34.8 Å². The number of aromatic carboxylic acids is 1. The first-order valence-electron chi connectivity index (χ1n) is 4.96. The van der Waals surface area contributed by atoms with Crippen molar-refractivity contribution in [2.45, 2.75) is 16.3 Å². The van der Waals surface area contributed by atoms with Crippen LogP contribution in [0.3, 0.4) is 0 Å². The molecule has 0 fully saturated rings. The Morgan fingerprint density at radius 1 is 1.53 bits per heavy atom. The van der Waals surface area contributed by atoms with E-state index in [1.54, 1.807) is 6.92 Å². The van der Waals surface area contributed by atoms with Gasteiger partial charge in [-0.05, 0) is 24.8 Å². The lowest BCUT2D eigenvalue weighted by atomic mass is 10.4. The molecule has 0 aliphatic heterocycles. The lowest BCUT2D eigenvalue weighted by molar-refractivity contribution is -0.385. The number of hydrogen-bond donors (Lipinski definition) is 1. The van der Waals surface area contributed by atoms with Gasteiger partial charge in [0.15, 0.2) is 4.34 Å². The molecular weight excluding hydrogens is 290 g/mol. The first-order valence-corrected chi connectivity index (χ1v) is 6.59. The molecular formula is C10H7N3O4S2. The van der Waals surface area contributed by atoms with E-state index < -0.39 is 10.9 Å². The van der Waals surface area contributed by atoms with Crippen LogP contribution >= 0.6 is 23.1 Å². The van der Waals surface area contributed by atoms with Gasteiger partial charge >= 0.3 is 5.97 Å². The second-order valence-corrected chi connectivity index (χ2v) is 5.68. The maximum absolute atomic E-state index is 10.9. The van der Waals surface area contributed by atoms with Crippen molar-refractivity contribution in [2.24, 2.45) is 0 Å². The molecule has 0 amide bonds. The molecule has 0 aliphatic rings. The van der Waals surface area contributed by atoms with Gasteiger partial charge in [0, 0.05) is 6.07 Å². The number of nitro groups is 1. The summed E-state index contributed by atoms with van der Waals surface area (Å²) in [5.74, 6) is -1.02. The first-order chi connectivity index (χ1) is 8.97. The number of hydrogen-bond acceptors (Lipinski definition) is 7. The molecule has 0 saturated carbocycles. The largest absolute Gasteiger partial charge is 0.477 e. The summed E-state index contributed by atoms with van der Waals surface area (Å²) >= 11 is 2.22. The fraction of sp³-hybridized carbons (Fsp3) is 0.100. The molecule has 2 aromatic heterocycles. The average molecular weight is 297 g/mol. The number of aromatic nitrogens is 2. The smallest absolute Gasteiger partial charge is 0.347 e. The van der Waals surface area contributed by atoms with E-state index in [2.05, 4.69) is 9.97 Å². The Kier molecular flexibility index (Phi) is 3.76. The molecule has 2 aromatic rings. The molecule has 19 heavy (non-hydrogen) atoms. The van der Waals surface area contributed by atoms with Crippen LogP contribution in [0.4, 0.5) is 5.69 Å². The Bertz CT molecular complexity index is 639. The number of thiazole rings is 1. The molecule has 2 rings (SSSR count). The zero-order chi connectivity index (χ0) is 14.0. The Hall–Kier alpha value is -2.00. The second-order valence-electron chi connectivity index (χ2n) is 3.41. The fourth-order valence-electron chi connectivity index (χ4n) is 1.24. The second kappa shape index (κ2) is 5.33. The van der Waals surface area contributed by atoms with Gasteiger partial charge in [0.2, 0.25) is 0 Å². The molecule has 0 spiro atoms. The Balaban J connectivity index is 2.19. The molecule has 7 nitrogen and oxygen atoms in total. The summed E-state index contributed by atoms with van der Waals surface area (Å²) in [5.41, 5.74) is 0.354. The summed E-state index contributed by atoms with van der Waals surface area (Å²) in [5, 5.41) is 19.9. The number of rotatable bonds is 4. The van der Waals surface area contributed by atoms with Gasteiger partial charge in [-0.3, -0.25) is 10.1 Å². The van der Waals surface area contributed by atoms with Crippen LogP contribution in [0, 0.1) is 17.0 Å². The normalized spacial score (nSPS) is 10.4. The van der Waals surface area contributed by atoms with Crippen molar-refractivity contribution in [3.8, 4) is 0 Å². The molecule has 0 atom stereocenters. The first kappa shape index (κ1) is 13.4. The quantitative estimate of drug-likeness (QED) is 0.682. The molecule has 9 heteroatoms. The number of carboxylic acids is 1. The maximum atomic E-state index is 10.9. The van der Waals surface area contributed by atoms with Crippen LogP contribution in [-0.4, -0.2) is 26.0 Å². The van der Waals surface area contributed by atoms with E-state index in [0.717, 1.165) is 17.5 Å². The Labute approximate surface area is 115 Å². The highest BCUT2D eigenvalue weighted by molar-refractivity contribution is 8.01. The molecule has 0 saturated heterocycles. The van der Waals surface area contributed by atoms with Crippen molar-refractivity contribution in [1.82, 2.24) is 9.97 Å². The van der Waals surface area contributed by atoms with Gasteiger partial charge < -0.3 is 5.11 Å². The monoisotopic (exact) mass is 297 g/mol. The van der Waals surface area contributed by atoms with Crippen molar-refractivity contribution in [1.29, 1.82) is 0 Å². The predicted octanol–water partition coefficient (Wildman–Crippen LogP) is 2.60. The van der Waals surface area contributed by atoms with Gasteiger partial charge in [-0.15, -0.1) is 0 Å². The topological polar surface area (TPSA) is 106 Å². The highest BCUT2D eigenvalue weighted by Gasteiger charge is 2.15. The van der Waals surface area contributed by atoms with E-state index in [4.69, 9.17) is 5.11 Å². The minimum absolute atomic E-state index is 0.0918. The minimum Gasteiger partial charge on any atom is -0.477 e. The SMILES string of the molecule is Cc1nc(Sc2ccc([N+](=O)[O-])cn2)sc1C(=O)O. The minimum atomic E-state index is -1.02. The average Bonchev–Trinajstić information content (AvgIpc) is 2.71. The van der Waals surface area contributed by atoms with Crippen LogP contribution in [0.2, 0.25) is 0 Å². The molecule has 0 aliphatic carbocycles. The van der Waals surface area contributed by atoms with E-state index in [9.17, 15) is 14.9 Å². The molecule has 0 unspecified atom stereocenters. The van der Waals surface area contributed by atoms with Gasteiger partial charge in [0.05, 0.1) is 10.6 Å². The highest BCUT2D eigenvalue weighted by Crippen LogP contribution is 2.32. The number of aryl methyl sites for hydroxylation is 1. The van der Waals surface area contributed by atoms with Crippen LogP contribution in [0.5, 0.6) is 0 Å². The van der Waals surface area contributed by atoms with Crippen molar-refractivity contribution in [2.75, 3.05) is 0 Å². The number of carbonyl (C=O) groups is 1. The summed E-state index contributed by atoms with van der Waals surface area (Å²) in [6.07, 6.45) is 1.15. The van der Waals surface area contributed by atoms with E-state index in [1.807, 2.05) is 0 Å². The summed E-state index contributed by atoms with van der Waals surface area (Å²) in [6.45, 7) is 1.62. The van der Waals surface area contributed by atoms with E-state index in [-0.39, 0.29) is 10.6 Å². The fourth-order valence-corrected chi connectivity index (χ4v) is 3.16. The van der Waals surface area contributed by atoms with Crippen molar-refractivity contribution < 1.29 is 14.8 Å². The van der Waals surface area contributed by atoms with Crippen LogP contribution < -0.4 is 0 Å². The predicted molar refractivity (Wildman–Crippen MR) is 68.8 cm³/mol. The molecule has 1 N–H and O–H groups in total. The van der Waals surface area contributed by atoms with Crippen LogP contribution in [-0.2, 0) is 0 Å². The van der Waals surface area contributed by atoms with Crippen LogP contribution in [0.1, 0.15) is 15.4 Å². The van der Waals surface area contributed by atoms with Gasteiger partial charge in [0.1, 0.15) is 16.1 Å². The van der Waals surface area contributed by atoms with Gasteiger partial charge in [-0.2, -0.15) is 0 Å². The van der Waals surface area contributed by atoms with Gasteiger partial charge in [0.25, 0.3) is 5.69 Å². The third-order valence-electron chi connectivity index (χ3n) is 2.09. The van der Waals surface area contributed by atoms with Crippen molar-refractivity contribution in [3.63, 3.8) is 0 Å². The van der Waals surface area contributed by atoms with Gasteiger partial charge in [-0.1, -0.05) is 11.3 Å². The zero-order valence-corrected chi connectivity index (χ0v) is 11.2. The Morgan fingerprint density at radius 2 is 2.26 bits per heavy atom. The molecule has 98 valence electrons. The van der Waals surface area contributed by atoms with Crippen LogP contribution in [0.15, 0.2) is 27.7 Å². The highest BCUT2D eigenvalue weighted by atomic mass is 32.2. The molecule has 0 bridgehead atoms. The number of nitrogens with zero attached hydrogens (tertiary/aromatic N) is 3. The number of pyridine rings is 1. The standard InChI is InChI=1S/C10H7N3O4S2/c1-5-8(9(14)15)19-10(12-5)18-7-3-2-6(4-11-7)13(16)17/h2-4H,1H3,(H,14,15). The zero-order valence-electron chi connectivity index (χ0n) is 9.56. The third-order valence-corrected chi connectivity index (χ3v) is 4.25. The Morgan fingerprint density at radius 3 is 2.74 bits per heavy atom. The summed E-state index contributed by atoms with van der Waals surface area (Å²) < 4.78 is 0.538. The van der Waals surface area contributed by atoms with Gasteiger partial charge in [-0.25, -0.2) is 14.8 Å². The van der Waals surface area contributed by atoms with E-state index in [0.29, 0.717) is 15.1 Å². The lowest BCUT2D eigenvalue weighted by Crippen LogP contribution is -1.94. The number of carboxylic acid groups (broad SMARTS) is 1. The summed E-state index contributed by atoms with van der Waals surface area (Å²) in [6, 6.07) is 2.84. The van der Waals surface area contributed by atoms with Crippen LogP contribution in [0.25, 0.3) is 0 Å². The maximum Gasteiger partial charge on any atom is 0.347 e. The molecule has 0 aromatic carbocycles. The summed E-state index contributed by atoms with van der Waals surface area (Å²) in [7, 11) is 0. The lowest BCUT2D eigenvalue weighted by Gasteiger charge is -1.95. The van der Waals surface area contributed by atoms with Crippen molar-refractivity contribution in [3.05, 3.63) is 39.0 Å².